The van der Waals surface area contributed by atoms with Crippen LogP contribution in [0.4, 0.5) is 5.82 Å². The van der Waals surface area contributed by atoms with Crippen molar-refractivity contribution in [2.75, 3.05) is 4.72 Å². The van der Waals surface area contributed by atoms with E-state index in [2.05, 4.69) is 9.71 Å². The van der Waals surface area contributed by atoms with Crippen molar-refractivity contribution in [3.63, 3.8) is 0 Å². The maximum absolute atomic E-state index is 12.3. The number of aryl methyl sites for hydroxylation is 1. The summed E-state index contributed by atoms with van der Waals surface area (Å²) in [6, 6.07) is 8.68. The van der Waals surface area contributed by atoms with Crippen LogP contribution < -0.4 is 10.5 Å². The topological polar surface area (TPSA) is 102 Å². The summed E-state index contributed by atoms with van der Waals surface area (Å²) in [5, 5.41) is 0.164. The Labute approximate surface area is 127 Å². The van der Waals surface area contributed by atoms with Crippen molar-refractivity contribution in [1.29, 1.82) is 0 Å². The fraction of sp³-hybridized carbons (Fsp3) is 0.0769. The number of nitrogens with two attached hydrogens (primary N) is 1. The third kappa shape index (κ3) is 3.50. The highest BCUT2D eigenvalue weighted by Crippen LogP contribution is 2.19. The Morgan fingerprint density at radius 1 is 1.29 bits per heavy atom. The molecule has 1 amide bonds. The van der Waals surface area contributed by atoms with Gasteiger partial charge in [-0.3, -0.25) is 9.52 Å². The number of nitrogens with one attached hydrogen (secondary N) is 1. The zero-order valence-corrected chi connectivity index (χ0v) is 12.6. The molecule has 1 heterocycles. The molecule has 0 aliphatic carbocycles. The Morgan fingerprint density at radius 2 is 2.00 bits per heavy atom. The van der Waals surface area contributed by atoms with Gasteiger partial charge in [0, 0.05) is 5.56 Å². The van der Waals surface area contributed by atoms with Gasteiger partial charge in [-0.25, -0.2) is 13.4 Å². The maximum Gasteiger partial charge on any atom is 0.263 e. The van der Waals surface area contributed by atoms with Crippen LogP contribution in [-0.4, -0.2) is 19.3 Å². The van der Waals surface area contributed by atoms with Crippen LogP contribution in [0.25, 0.3) is 0 Å². The minimum absolute atomic E-state index is 0.0799. The predicted octanol–water partition coefficient (Wildman–Crippen LogP) is 1.94. The molecule has 6 nitrogen and oxygen atoms in total. The highest BCUT2D eigenvalue weighted by Gasteiger charge is 2.17. The van der Waals surface area contributed by atoms with Crippen LogP contribution in [0.3, 0.4) is 0 Å². The first-order valence-corrected chi connectivity index (χ1v) is 7.71. The Morgan fingerprint density at radius 3 is 2.62 bits per heavy atom. The number of hydrogen-bond acceptors (Lipinski definition) is 4. The third-order valence-corrected chi connectivity index (χ3v) is 4.30. The van der Waals surface area contributed by atoms with Crippen molar-refractivity contribution in [1.82, 2.24) is 4.98 Å². The Balaban J connectivity index is 2.40. The van der Waals surface area contributed by atoms with Crippen molar-refractivity contribution < 1.29 is 13.2 Å². The van der Waals surface area contributed by atoms with Gasteiger partial charge in [0.2, 0.25) is 5.91 Å². The largest absolute Gasteiger partial charge is 0.366 e. The first kappa shape index (κ1) is 15.3. The molecule has 8 heteroatoms. The van der Waals surface area contributed by atoms with E-state index in [4.69, 9.17) is 17.3 Å². The number of nitrogens with zero attached hydrogens (tertiary/aromatic N) is 1. The van der Waals surface area contributed by atoms with Gasteiger partial charge in [0.1, 0.15) is 11.0 Å². The second kappa shape index (κ2) is 5.71. The van der Waals surface area contributed by atoms with Crippen LogP contribution in [0.5, 0.6) is 0 Å². The SMILES string of the molecule is Cc1ccc(S(=O)(=O)Nc2cccc(Cl)n2)cc1C(N)=O. The van der Waals surface area contributed by atoms with Crippen LogP contribution >= 0.6 is 11.6 Å². The van der Waals surface area contributed by atoms with Crippen molar-refractivity contribution in [2.24, 2.45) is 5.73 Å². The molecular weight excluding hydrogens is 314 g/mol. The summed E-state index contributed by atoms with van der Waals surface area (Å²) in [5.74, 6) is -0.603. The van der Waals surface area contributed by atoms with Gasteiger partial charge in [-0.1, -0.05) is 23.7 Å². The molecule has 110 valence electrons. The lowest BCUT2D eigenvalue weighted by atomic mass is 10.1. The van der Waals surface area contributed by atoms with Crippen molar-refractivity contribution in [3.05, 3.63) is 52.7 Å². The molecule has 1 aromatic heterocycles. The van der Waals surface area contributed by atoms with Crippen molar-refractivity contribution in [3.8, 4) is 0 Å². The van der Waals surface area contributed by atoms with Crippen LogP contribution in [0.15, 0.2) is 41.3 Å². The quantitative estimate of drug-likeness (QED) is 0.838. The molecule has 2 rings (SSSR count). The van der Waals surface area contributed by atoms with E-state index < -0.39 is 15.9 Å². The zero-order chi connectivity index (χ0) is 15.6. The number of carbonyl (C=O) groups is 1. The number of rotatable bonds is 4. The summed E-state index contributed by atoms with van der Waals surface area (Å²) in [6.45, 7) is 1.67. The van der Waals surface area contributed by atoms with Gasteiger partial charge in [-0.05, 0) is 36.8 Å². The molecule has 0 fully saturated rings. The average molecular weight is 326 g/mol. The standard InChI is InChI=1S/C13H12ClN3O3S/c1-8-5-6-9(7-10(8)13(15)18)21(19,20)17-12-4-2-3-11(14)16-12/h2-7H,1H3,(H2,15,18)(H,16,17). The number of sulfonamides is 1. The first-order chi connectivity index (χ1) is 9.79. The third-order valence-electron chi connectivity index (χ3n) is 2.74. The summed E-state index contributed by atoms with van der Waals surface area (Å²) < 4.78 is 26.8. The highest BCUT2D eigenvalue weighted by molar-refractivity contribution is 7.92. The molecule has 0 spiro atoms. The number of benzene rings is 1. The average Bonchev–Trinajstić information content (AvgIpc) is 2.38. The molecular formula is C13H12ClN3O3S. The lowest BCUT2D eigenvalue weighted by molar-refractivity contribution is 0.0999. The molecule has 1 aromatic carbocycles. The molecule has 3 N–H and O–H groups in total. The monoisotopic (exact) mass is 325 g/mol. The smallest absolute Gasteiger partial charge is 0.263 e. The molecule has 0 bridgehead atoms. The second-order valence-corrected chi connectivity index (χ2v) is 6.36. The fourth-order valence-electron chi connectivity index (χ4n) is 1.70. The number of primary amides is 1. The van der Waals surface area contributed by atoms with Crippen LogP contribution in [-0.2, 0) is 10.0 Å². The zero-order valence-electron chi connectivity index (χ0n) is 11.0. The van der Waals surface area contributed by atoms with Crippen LogP contribution in [0.2, 0.25) is 5.15 Å². The van der Waals surface area contributed by atoms with E-state index in [1.54, 1.807) is 13.0 Å². The minimum atomic E-state index is -3.88. The lowest BCUT2D eigenvalue weighted by Crippen LogP contribution is -2.17. The van der Waals surface area contributed by atoms with E-state index in [1.165, 1.54) is 30.3 Å². The molecule has 21 heavy (non-hydrogen) atoms. The number of amides is 1. The predicted molar refractivity (Wildman–Crippen MR) is 79.8 cm³/mol. The van der Waals surface area contributed by atoms with Gasteiger partial charge >= 0.3 is 0 Å². The maximum atomic E-state index is 12.3. The summed E-state index contributed by atoms with van der Waals surface area (Å²) >= 11 is 5.70. The summed E-state index contributed by atoms with van der Waals surface area (Å²) in [7, 11) is -3.88. The summed E-state index contributed by atoms with van der Waals surface area (Å²) in [6.07, 6.45) is 0. The van der Waals surface area contributed by atoms with Gasteiger partial charge in [0.25, 0.3) is 10.0 Å². The molecule has 0 saturated heterocycles. The van der Waals surface area contributed by atoms with Crippen LogP contribution in [0.1, 0.15) is 15.9 Å². The van der Waals surface area contributed by atoms with Gasteiger partial charge in [-0.15, -0.1) is 0 Å². The number of anilines is 1. The molecule has 0 radical (unpaired) electrons. The van der Waals surface area contributed by atoms with E-state index >= 15 is 0 Å². The molecule has 0 unspecified atom stereocenters. The van der Waals surface area contributed by atoms with Crippen molar-refractivity contribution >= 4 is 33.3 Å². The van der Waals surface area contributed by atoms with Gasteiger partial charge in [-0.2, -0.15) is 0 Å². The Kier molecular flexibility index (Phi) is 4.15. The second-order valence-electron chi connectivity index (χ2n) is 4.29. The van der Waals surface area contributed by atoms with E-state index in [1.807, 2.05) is 0 Å². The molecule has 0 saturated carbocycles. The minimum Gasteiger partial charge on any atom is -0.366 e. The van der Waals surface area contributed by atoms with Crippen molar-refractivity contribution in [2.45, 2.75) is 11.8 Å². The molecule has 0 aliphatic rings. The number of carbonyl (C=O) groups excluding carboxylic acids is 1. The van der Waals surface area contributed by atoms with Crippen LogP contribution in [0, 0.1) is 6.92 Å². The summed E-state index contributed by atoms with van der Waals surface area (Å²) in [5.41, 5.74) is 5.96. The Hall–Kier alpha value is -2.12. The van der Waals surface area contributed by atoms with Gasteiger partial charge < -0.3 is 5.73 Å². The van der Waals surface area contributed by atoms with E-state index in [-0.39, 0.29) is 21.4 Å². The van der Waals surface area contributed by atoms with E-state index in [0.717, 1.165) is 0 Å². The normalized spacial score (nSPS) is 11.1. The first-order valence-electron chi connectivity index (χ1n) is 5.85. The number of pyridine rings is 1. The fourth-order valence-corrected chi connectivity index (χ4v) is 2.89. The Bertz CT molecular complexity index is 806. The highest BCUT2D eigenvalue weighted by atomic mass is 35.5. The number of aromatic nitrogens is 1. The number of hydrogen-bond donors (Lipinski definition) is 2. The molecule has 0 aliphatic heterocycles. The van der Waals surface area contributed by atoms with E-state index in [0.29, 0.717) is 5.56 Å². The van der Waals surface area contributed by atoms with E-state index in [9.17, 15) is 13.2 Å². The molecule has 2 aromatic rings. The van der Waals surface area contributed by atoms with Gasteiger partial charge in [0.15, 0.2) is 0 Å². The summed E-state index contributed by atoms with van der Waals surface area (Å²) in [4.78, 5) is 15.0. The van der Waals surface area contributed by atoms with Gasteiger partial charge in [0.05, 0.1) is 4.90 Å². The lowest BCUT2D eigenvalue weighted by Gasteiger charge is -2.09. The number of halogens is 1. The molecule has 0 atom stereocenters.